The number of carboxylic acid groups (broad SMARTS) is 1. The Bertz CT molecular complexity index is 566. The third-order valence-corrected chi connectivity index (χ3v) is 4.21. The summed E-state index contributed by atoms with van der Waals surface area (Å²) in [5, 5.41) is 22.8. The number of carbonyl (C=O) groups excluding carboxylic acids is 2. The lowest BCUT2D eigenvalue weighted by molar-refractivity contribution is -0.137. The Labute approximate surface area is 149 Å². The second-order valence-electron chi connectivity index (χ2n) is 5.36. The Balaban J connectivity index is 2.60. The highest BCUT2D eigenvalue weighted by molar-refractivity contribution is 8.13. The van der Waals surface area contributed by atoms with Gasteiger partial charge in [0, 0.05) is 37.0 Å². The number of nitrogens with zero attached hydrogens (tertiary/aromatic N) is 1. The number of amides is 1. The van der Waals surface area contributed by atoms with E-state index in [4.69, 9.17) is 15.9 Å². The predicted molar refractivity (Wildman–Crippen MR) is 91.6 cm³/mol. The molecule has 0 aliphatic carbocycles. The van der Waals surface area contributed by atoms with Crippen molar-refractivity contribution in [1.29, 1.82) is 0 Å². The normalized spacial score (nSPS) is 14.5. The zero-order valence-electron chi connectivity index (χ0n) is 13.8. The van der Waals surface area contributed by atoms with E-state index in [9.17, 15) is 14.4 Å². The van der Waals surface area contributed by atoms with E-state index in [2.05, 4.69) is 20.6 Å². The van der Waals surface area contributed by atoms with E-state index in [1.165, 1.54) is 19.4 Å². The summed E-state index contributed by atoms with van der Waals surface area (Å²) in [6, 6.07) is -2.00. The molecule has 1 aromatic rings. The van der Waals surface area contributed by atoms with Crippen molar-refractivity contribution >= 4 is 28.8 Å². The van der Waals surface area contributed by atoms with E-state index < -0.39 is 24.3 Å². The van der Waals surface area contributed by atoms with Crippen molar-refractivity contribution in [1.82, 2.24) is 20.6 Å². The highest BCUT2D eigenvalue weighted by Crippen LogP contribution is 2.11. The minimum absolute atomic E-state index is 0.0803. The quantitative estimate of drug-likeness (QED) is 0.251. The fourth-order valence-electron chi connectivity index (χ4n) is 1.81. The number of hydrogen-bond donors (Lipinski definition) is 6. The van der Waals surface area contributed by atoms with Crippen LogP contribution in [0.4, 0.5) is 0 Å². The van der Waals surface area contributed by atoms with Crippen molar-refractivity contribution in [2.24, 2.45) is 5.73 Å². The molecule has 7 N–H and O–H groups in total. The summed E-state index contributed by atoms with van der Waals surface area (Å²) < 4.78 is 0. The highest BCUT2D eigenvalue weighted by Gasteiger charge is 2.24. The zero-order valence-corrected chi connectivity index (χ0v) is 14.6. The first-order valence-electron chi connectivity index (χ1n) is 7.62. The molecule has 1 heterocycles. The fraction of sp³-hybridized carbons (Fsp3) is 0.571. The van der Waals surface area contributed by atoms with Crippen molar-refractivity contribution < 1.29 is 24.6 Å². The molecular formula is C14H23N5O5S. The molecule has 140 valence electrons. The van der Waals surface area contributed by atoms with Crippen LogP contribution in [0.5, 0.6) is 0 Å². The molecule has 1 amide bonds. The van der Waals surface area contributed by atoms with Gasteiger partial charge in [-0.2, -0.15) is 0 Å². The summed E-state index contributed by atoms with van der Waals surface area (Å²) in [4.78, 5) is 41.7. The van der Waals surface area contributed by atoms with Crippen LogP contribution in [0.15, 0.2) is 12.5 Å². The molecule has 0 radical (unpaired) electrons. The third kappa shape index (κ3) is 8.63. The molecule has 0 aliphatic rings. The number of aliphatic hydroxyl groups excluding tert-OH is 1. The van der Waals surface area contributed by atoms with Crippen LogP contribution in [-0.4, -0.2) is 67.8 Å². The number of aliphatic carboxylic acids is 1. The summed E-state index contributed by atoms with van der Waals surface area (Å²) in [5.41, 5.74) is 6.04. The molecule has 0 aliphatic heterocycles. The van der Waals surface area contributed by atoms with Gasteiger partial charge in [-0.15, -0.1) is 0 Å². The number of aromatic nitrogens is 2. The Morgan fingerprint density at radius 3 is 2.72 bits per heavy atom. The van der Waals surface area contributed by atoms with Crippen molar-refractivity contribution in [3.63, 3.8) is 0 Å². The molecule has 0 saturated heterocycles. The van der Waals surface area contributed by atoms with Gasteiger partial charge in [0.15, 0.2) is 0 Å². The second kappa shape index (κ2) is 10.8. The molecule has 0 fully saturated rings. The summed E-state index contributed by atoms with van der Waals surface area (Å²) in [5.74, 6) is -1.65. The topological polar surface area (TPSA) is 170 Å². The molecule has 25 heavy (non-hydrogen) atoms. The maximum Gasteiger partial charge on any atom is 0.321 e. The standard InChI is InChI=1S/C14H23N5O5S/c1-8(20)17-3-2-12(21)19-11(4-9-5-16-7-18-9)14(24)25-6-10(15)13(22)23/h5,7-8,10-11,17,20H,2-4,6,15H2,1H3,(H,16,18)(H,19,21)(H,22,23)/t8?,10?,11-/m0/s1. The lowest BCUT2D eigenvalue weighted by atomic mass is 10.2. The number of rotatable bonds is 11. The molecule has 3 atom stereocenters. The van der Waals surface area contributed by atoms with E-state index in [-0.39, 0.29) is 36.2 Å². The first kappa shape index (κ1) is 21.1. The van der Waals surface area contributed by atoms with Gasteiger partial charge in [-0.1, -0.05) is 11.8 Å². The van der Waals surface area contributed by atoms with Gasteiger partial charge in [-0.3, -0.25) is 19.7 Å². The van der Waals surface area contributed by atoms with Crippen molar-refractivity contribution in [2.45, 2.75) is 38.1 Å². The van der Waals surface area contributed by atoms with E-state index >= 15 is 0 Å². The van der Waals surface area contributed by atoms with E-state index in [0.29, 0.717) is 5.69 Å². The van der Waals surface area contributed by atoms with Crippen LogP contribution in [0.2, 0.25) is 0 Å². The molecule has 0 aromatic carbocycles. The largest absolute Gasteiger partial charge is 0.480 e. The van der Waals surface area contributed by atoms with Crippen LogP contribution in [0.1, 0.15) is 19.0 Å². The summed E-state index contributed by atoms with van der Waals surface area (Å²) >= 11 is 0.764. The number of nitrogens with two attached hydrogens (primary N) is 1. The number of H-pyrrole nitrogens is 1. The third-order valence-electron chi connectivity index (χ3n) is 3.11. The van der Waals surface area contributed by atoms with Crippen molar-refractivity contribution in [3.8, 4) is 0 Å². The van der Waals surface area contributed by atoms with Crippen molar-refractivity contribution in [3.05, 3.63) is 18.2 Å². The average Bonchev–Trinajstić information content (AvgIpc) is 3.04. The summed E-state index contributed by atoms with van der Waals surface area (Å²) in [7, 11) is 0. The van der Waals surface area contributed by atoms with E-state index in [1.54, 1.807) is 0 Å². The van der Waals surface area contributed by atoms with Crippen LogP contribution in [0.25, 0.3) is 0 Å². The van der Waals surface area contributed by atoms with Gasteiger partial charge in [0.2, 0.25) is 11.0 Å². The summed E-state index contributed by atoms with van der Waals surface area (Å²) in [6.45, 7) is 1.79. The maximum absolute atomic E-state index is 12.3. The van der Waals surface area contributed by atoms with Gasteiger partial charge >= 0.3 is 5.97 Å². The number of imidazole rings is 1. The number of carboxylic acids is 1. The van der Waals surface area contributed by atoms with Crippen LogP contribution < -0.4 is 16.4 Å². The van der Waals surface area contributed by atoms with Crippen LogP contribution in [0.3, 0.4) is 0 Å². The van der Waals surface area contributed by atoms with Crippen molar-refractivity contribution in [2.75, 3.05) is 12.3 Å². The molecule has 11 heteroatoms. The first-order valence-corrected chi connectivity index (χ1v) is 8.61. The lowest BCUT2D eigenvalue weighted by Gasteiger charge is -2.17. The molecule has 0 saturated carbocycles. The molecule has 10 nitrogen and oxygen atoms in total. The fourth-order valence-corrected chi connectivity index (χ4v) is 2.64. The first-order chi connectivity index (χ1) is 11.8. The smallest absolute Gasteiger partial charge is 0.321 e. The molecular weight excluding hydrogens is 350 g/mol. The Morgan fingerprint density at radius 1 is 1.44 bits per heavy atom. The number of hydrogen-bond acceptors (Lipinski definition) is 8. The molecule has 0 spiro atoms. The van der Waals surface area contributed by atoms with Gasteiger partial charge in [-0.05, 0) is 6.92 Å². The van der Waals surface area contributed by atoms with Gasteiger partial charge in [-0.25, -0.2) is 4.98 Å². The van der Waals surface area contributed by atoms with Crippen LogP contribution in [0, 0.1) is 0 Å². The van der Waals surface area contributed by atoms with Crippen LogP contribution in [-0.2, 0) is 20.8 Å². The number of aromatic amines is 1. The second-order valence-corrected chi connectivity index (χ2v) is 6.38. The molecule has 2 unspecified atom stereocenters. The Morgan fingerprint density at radius 2 is 2.16 bits per heavy atom. The van der Waals surface area contributed by atoms with Gasteiger partial charge < -0.3 is 26.2 Å². The van der Waals surface area contributed by atoms with E-state index in [0.717, 1.165) is 11.8 Å². The Hall–Kier alpha value is -1.95. The van der Waals surface area contributed by atoms with Gasteiger partial charge in [0.1, 0.15) is 18.3 Å². The minimum atomic E-state index is -1.20. The van der Waals surface area contributed by atoms with Crippen LogP contribution >= 0.6 is 11.8 Å². The van der Waals surface area contributed by atoms with E-state index in [1.807, 2.05) is 0 Å². The number of aliphatic hydroxyl groups is 1. The number of nitrogens with one attached hydrogen (secondary N) is 3. The maximum atomic E-state index is 12.3. The minimum Gasteiger partial charge on any atom is -0.480 e. The molecule has 1 aromatic heterocycles. The summed E-state index contributed by atoms with van der Waals surface area (Å²) in [6.07, 6.45) is 2.54. The van der Waals surface area contributed by atoms with Gasteiger partial charge in [0.05, 0.1) is 6.33 Å². The van der Waals surface area contributed by atoms with Gasteiger partial charge in [0.25, 0.3) is 0 Å². The zero-order chi connectivity index (χ0) is 18.8. The Kier molecular flexibility index (Phi) is 9.13. The number of thioether (sulfide) groups is 1. The SMILES string of the molecule is CC(O)NCCC(=O)N[C@@H](Cc1cnc[nH]1)C(=O)SCC(N)C(=O)O. The molecule has 1 rings (SSSR count). The monoisotopic (exact) mass is 373 g/mol. The lowest BCUT2D eigenvalue weighted by Crippen LogP contribution is -2.43. The highest BCUT2D eigenvalue weighted by atomic mass is 32.2. The average molecular weight is 373 g/mol. The molecule has 0 bridgehead atoms. The predicted octanol–water partition coefficient (Wildman–Crippen LogP) is -1.57. The number of carbonyl (C=O) groups is 3.